The smallest absolute Gasteiger partial charge is 0.226 e. The third kappa shape index (κ3) is 3.19. The molecule has 0 radical (unpaired) electrons. The third-order valence-electron chi connectivity index (χ3n) is 4.09. The number of nitrogens with zero attached hydrogens (tertiary/aromatic N) is 4. The van der Waals surface area contributed by atoms with Gasteiger partial charge in [0.1, 0.15) is 23.4 Å². The molecule has 4 aromatic rings. The van der Waals surface area contributed by atoms with E-state index in [0.717, 1.165) is 11.3 Å². The van der Waals surface area contributed by atoms with Gasteiger partial charge in [-0.05, 0) is 45.2 Å². The Morgan fingerprint density at radius 3 is 2.63 bits per heavy atom. The summed E-state index contributed by atoms with van der Waals surface area (Å²) in [6.45, 7) is 0.228. The van der Waals surface area contributed by atoms with Crippen molar-refractivity contribution >= 4 is 49.3 Å². The van der Waals surface area contributed by atoms with Crippen LogP contribution in [0.4, 0.5) is 4.39 Å². The van der Waals surface area contributed by atoms with Gasteiger partial charge in [0.05, 0.1) is 17.0 Å². The first-order chi connectivity index (χ1) is 13.0. The number of halogens is 3. The van der Waals surface area contributed by atoms with Crippen molar-refractivity contribution in [1.82, 2.24) is 19.7 Å². The van der Waals surface area contributed by atoms with Crippen molar-refractivity contribution in [3.05, 3.63) is 51.6 Å². The molecule has 2 aromatic heterocycles. The first-order valence-electron chi connectivity index (χ1n) is 7.91. The van der Waals surface area contributed by atoms with E-state index in [1.165, 1.54) is 0 Å². The standard InChI is InChI=1S/C18H13BrClFN4O2/c1-25-7-11-12-16(14(21)13(19)15(11)24-25)22-18(20)23-17(12)27-8-9-3-5-10(26-2)6-4-9/h3-7H,8H2,1-2H3. The van der Waals surface area contributed by atoms with Crippen LogP contribution in [0.1, 0.15) is 5.56 Å². The van der Waals surface area contributed by atoms with Gasteiger partial charge in [0.2, 0.25) is 11.2 Å². The molecule has 6 nitrogen and oxygen atoms in total. The summed E-state index contributed by atoms with van der Waals surface area (Å²) in [6.07, 6.45) is 1.76. The lowest BCUT2D eigenvalue weighted by molar-refractivity contribution is 0.297. The summed E-state index contributed by atoms with van der Waals surface area (Å²) in [6, 6.07) is 7.42. The van der Waals surface area contributed by atoms with Gasteiger partial charge in [0.15, 0.2) is 5.82 Å². The second kappa shape index (κ2) is 6.94. The average Bonchev–Trinajstić information content (AvgIpc) is 3.06. The van der Waals surface area contributed by atoms with E-state index in [9.17, 15) is 4.39 Å². The molecule has 0 aliphatic carbocycles. The van der Waals surface area contributed by atoms with E-state index in [1.54, 1.807) is 25.0 Å². The predicted molar refractivity (Wildman–Crippen MR) is 104 cm³/mol. The van der Waals surface area contributed by atoms with Crippen LogP contribution in [0.25, 0.3) is 21.8 Å². The minimum absolute atomic E-state index is 0.0760. The van der Waals surface area contributed by atoms with Crippen LogP contribution < -0.4 is 9.47 Å². The van der Waals surface area contributed by atoms with Gasteiger partial charge in [-0.2, -0.15) is 10.1 Å². The molecule has 0 atom stereocenters. The highest BCUT2D eigenvalue weighted by atomic mass is 79.9. The van der Waals surface area contributed by atoms with Gasteiger partial charge in [0, 0.05) is 18.6 Å². The van der Waals surface area contributed by atoms with Crippen molar-refractivity contribution in [2.24, 2.45) is 7.05 Å². The van der Waals surface area contributed by atoms with E-state index in [-0.39, 0.29) is 27.8 Å². The van der Waals surface area contributed by atoms with E-state index in [0.29, 0.717) is 16.3 Å². The second-order valence-corrected chi connectivity index (χ2v) is 6.98. The molecular weight excluding hydrogens is 439 g/mol. The van der Waals surface area contributed by atoms with E-state index in [1.807, 2.05) is 24.3 Å². The molecule has 0 N–H and O–H groups in total. The number of methoxy groups -OCH3 is 1. The van der Waals surface area contributed by atoms with Gasteiger partial charge in [-0.25, -0.2) is 9.37 Å². The van der Waals surface area contributed by atoms with Crippen molar-refractivity contribution in [3.8, 4) is 11.6 Å². The maximum Gasteiger partial charge on any atom is 0.226 e. The summed E-state index contributed by atoms with van der Waals surface area (Å²) in [5.74, 6) is 0.387. The van der Waals surface area contributed by atoms with Crippen molar-refractivity contribution in [2.45, 2.75) is 6.61 Å². The van der Waals surface area contributed by atoms with Gasteiger partial charge in [-0.3, -0.25) is 4.68 Å². The van der Waals surface area contributed by atoms with Gasteiger partial charge in [-0.1, -0.05) is 12.1 Å². The van der Waals surface area contributed by atoms with Crippen LogP contribution in [0.5, 0.6) is 11.6 Å². The molecule has 0 saturated heterocycles. The SMILES string of the molecule is COc1ccc(COc2nc(Cl)nc3c(F)c(Br)c4nn(C)cc4c23)cc1. The molecule has 9 heteroatoms. The van der Waals surface area contributed by atoms with Crippen LogP contribution >= 0.6 is 27.5 Å². The molecule has 4 rings (SSSR count). The third-order valence-corrected chi connectivity index (χ3v) is 4.98. The number of hydrogen-bond donors (Lipinski definition) is 0. The van der Waals surface area contributed by atoms with Crippen molar-refractivity contribution in [2.75, 3.05) is 7.11 Å². The molecule has 0 bridgehead atoms. The Kier molecular flexibility index (Phi) is 4.61. The summed E-state index contributed by atoms with van der Waals surface area (Å²) in [7, 11) is 3.36. The quantitative estimate of drug-likeness (QED) is 0.422. The maximum absolute atomic E-state index is 14.8. The Bertz CT molecular complexity index is 1160. The van der Waals surface area contributed by atoms with Gasteiger partial charge in [-0.15, -0.1) is 0 Å². The number of aryl methyl sites for hydroxylation is 1. The molecule has 0 aliphatic heterocycles. The van der Waals surface area contributed by atoms with Crippen molar-refractivity contribution in [1.29, 1.82) is 0 Å². The molecule has 0 amide bonds. The van der Waals surface area contributed by atoms with Crippen LogP contribution in [0.3, 0.4) is 0 Å². The fourth-order valence-electron chi connectivity index (χ4n) is 2.84. The molecular formula is C18H13BrClFN4O2. The summed E-state index contributed by atoms with van der Waals surface area (Å²) in [5.41, 5.74) is 1.44. The van der Waals surface area contributed by atoms with Crippen LogP contribution in [0.2, 0.25) is 5.28 Å². The lowest BCUT2D eigenvalue weighted by atomic mass is 10.1. The van der Waals surface area contributed by atoms with Crippen LogP contribution in [0, 0.1) is 5.82 Å². The first kappa shape index (κ1) is 17.9. The van der Waals surface area contributed by atoms with E-state index < -0.39 is 5.82 Å². The zero-order valence-electron chi connectivity index (χ0n) is 14.3. The average molecular weight is 452 g/mol. The molecule has 27 heavy (non-hydrogen) atoms. The number of aromatic nitrogens is 4. The Hall–Kier alpha value is -2.45. The second-order valence-electron chi connectivity index (χ2n) is 5.85. The number of benzene rings is 2. The van der Waals surface area contributed by atoms with E-state index in [4.69, 9.17) is 21.1 Å². The topological polar surface area (TPSA) is 62.1 Å². The Morgan fingerprint density at radius 2 is 1.93 bits per heavy atom. The monoisotopic (exact) mass is 450 g/mol. The molecule has 0 fully saturated rings. The highest BCUT2D eigenvalue weighted by molar-refractivity contribution is 9.10. The summed E-state index contributed by atoms with van der Waals surface area (Å²) >= 11 is 9.25. The van der Waals surface area contributed by atoms with Crippen LogP contribution in [-0.2, 0) is 13.7 Å². The van der Waals surface area contributed by atoms with E-state index >= 15 is 0 Å². The van der Waals surface area contributed by atoms with Crippen molar-refractivity contribution < 1.29 is 13.9 Å². The van der Waals surface area contributed by atoms with Gasteiger partial charge >= 0.3 is 0 Å². The lowest BCUT2D eigenvalue weighted by Gasteiger charge is -2.11. The summed E-state index contributed by atoms with van der Waals surface area (Å²) in [5, 5.41) is 5.30. The maximum atomic E-state index is 14.8. The van der Waals surface area contributed by atoms with Crippen molar-refractivity contribution in [3.63, 3.8) is 0 Å². The largest absolute Gasteiger partial charge is 0.497 e. The fraction of sp³-hybridized carbons (Fsp3) is 0.167. The fourth-order valence-corrected chi connectivity index (χ4v) is 3.48. The Balaban J connectivity index is 1.84. The lowest BCUT2D eigenvalue weighted by Crippen LogP contribution is -2.01. The van der Waals surface area contributed by atoms with Crippen LogP contribution in [-0.4, -0.2) is 26.9 Å². The summed E-state index contributed by atoms with van der Waals surface area (Å²) in [4.78, 5) is 8.22. The minimum Gasteiger partial charge on any atom is -0.497 e. The molecule has 2 aromatic carbocycles. The van der Waals surface area contributed by atoms with Gasteiger partial charge in [0.25, 0.3) is 0 Å². The van der Waals surface area contributed by atoms with Crippen LogP contribution in [0.15, 0.2) is 34.9 Å². The Labute approximate surface area is 167 Å². The molecule has 0 unspecified atom stereocenters. The molecule has 138 valence electrons. The predicted octanol–water partition coefficient (Wildman–Crippen LogP) is 4.66. The molecule has 0 saturated carbocycles. The number of hydrogen-bond acceptors (Lipinski definition) is 5. The minimum atomic E-state index is -0.560. The highest BCUT2D eigenvalue weighted by Crippen LogP contribution is 2.38. The summed E-state index contributed by atoms with van der Waals surface area (Å²) < 4.78 is 27.7. The molecule has 0 spiro atoms. The van der Waals surface area contributed by atoms with Gasteiger partial charge < -0.3 is 9.47 Å². The number of ether oxygens (including phenoxy) is 2. The molecule has 0 aliphatic rings. The number of fused-ring (bicyclic) bond motifs is 3. The normalized spacial score (nSPS) is 11.3. The number of rotatable bonds is 4. The zero-order chi connectivity index (χ0) is 19.1. The Morgan fingerprint density at radius 1 is 1.19 bits per heavy atom. The zero-order valence-corrected chi connectivity index (χ0v) is 16.7. The molecule has 2 heterocycles. The first-order valence-corrected chi connectivity index (χ1v) is 9.08. The highest BCUT2D eigenvalue weighted by Gasteiger charge is 2.21. The van der Waals surface area contributed by atoms with E-state index in [2.05, 4.69) is 31.0 Å².